The van der Waals surface area contributed by atoms with E-state index in [-0.39, 0.29) is 17.4 Å². The number of methoxy groups -OCH3 is 2. The maximum absolute atomic E-state index is 13.7. The van der Waals surface area contributed by atoms with Crippen molar-refractivity contribution < 1.29 is 29.0 Å². The van der Waals surface area contributed by atoms with Crippen molar-refractivity contribution in [1.82, 2.24) is 0 Å². The zero-order valence-electron chi connectivity index (χ0n) is 18.0. The van der Waals surface area contributed by atoms with Gasteiger partial charge in [-0.2, -0.15) is 0 Å². The van der Waals surface area contributed by atoms with Crippen LogP contribution in [0.3, 0.4) is 0 Å². The normalized spacial score (nSPS) is 21.9. The van der Waals surface area contributed by atoms with Gasteiger partial charge in [-0.25, -0.2) is 9.96 Å². The maximum atomic E-state index is 13.7. The second kappa shape index (κ2) is 8.14. The average molecular weight is 446 g/mol. The Bertz CT molecular complexity index is 1210. The Balaban J connectivity index is 1.62. The molecule has 33 heavy (non-hydrogen) atoms. The number of benzene rings is 3. The Morgan fingerprint density at radius 2 is 1.55 bits per heavy atom. The molecule has 0 unspecified atom stereocenters. The highest BCUT2D eigenvalue weighted by Crippen LogP contribution is 2.49. The van der Waals surface area contributed by atoms with Crippen molar-refractivity contribution in [3.63, 3.8) is 0 Å². The van der Waals surface area contributed by atoms with Crippen LogP contribution in [0.15, 0.2) is 72.8 Å². The lowest BCUT2D eigenvalue weighted by Crippen LogP contribution is -2.37. The fourth-order valence-electron chi connectivity index (χ4n) is 4.48. The van der Waals surface area contributed by atoms with Crippen LogP contribution < -0.4 is 19.4 Å². The molecule has 2 heterocycles. The molecule has 2 aliphatic heterocycles. The van der Waals surface area contributed by atoms with Gasteiger partial charge in [-0.1, -0.05) is 36.4 Å². The monoisotopic (exact) mass is 446 g/mol. The van der Waals surface area contributed by atoms with Crippen LogP contribution in [0.4, 0.5) is 11.4 Å². The quantitative estimate of drug-likeness (QED) is 0.601. The molecule has 0 aromatic heterocycles. The van der Waals surface area contributed by atoms with E-state index in [1.54, 1.807) is 41.5 Å². The molecular weight excluding hydrogens is 424 g/mol. The third-order valence-electron chi connectivity index (χ3n) is 6.00. The number of carbonyl (C=O) groups excluding carboxylic acids is 2. The largest absolute Gasteiger partial charge is 0.504 e. The van der Waals surface area contributed by atoms with Gasteiger partial charge in [-0.05, 0) is 42.0 Å². The van der Waals surface area contributed by atoms with Crippen LogP contribution in [0.2, 0.25) is 0 Å². The van der Waals surface area contributed by atoms with E-state index in [4.69, 9.17) is 14.3 Å². The second-order valence-corrected chi connectivity index (χ2v) is 7.77. The molecular formula is C25H22N2O6. The first-order chi connectivity index (χ1) is 16.0. The molecule has 8 heteroatoms. The van der Waals surface area contributed by atoms with Crippen LogP contribution in [0.5, 0.6) is 17.2 Å². The standard InChI is InChI=1S/C25H22N2O6/c1-31-19-11-7-6-10-17(19)26-24(29)21-22(15-12-13-18(28)20(14-15)32-2)27(33-23(21)25(26)30)16-8-4-3-5-9-16/h3-14,21-23,28H,1-2H3/t21-,22-,23+/m0/s1. The summed E-state index contributed by atoms with van der Waals surface area (Å²) in [6.45, 7) is 0. The third-order valence-corrected chi connectivity index (χ3v) is 6.00. The number of fused-ring (bicyclic) bond motifs is 1. The molecule has 1 N–H and O–H groups in total. The zero-order valence-corrected chi connectivity index (χ0v) is 18.0. The Morgan fingerprint density at radius 1 is 0.848 bits per heavy atom. The lowest BCUT2D eigenvalue weighted by atomic mass is 9.90. The minimum absolute atomic E-state index is 0.0209. The molecule has 8 nitrogen and oxygen atoms in total. The topological polar surface area (TPSA) is 88.5 Å². The van der Waals surface area contributed by atoms with Crippen LogP contribution >= 0.6 is 0 Å². The number of imide groups is 1. The first kappa shape index (κ1) is 20.8. The van der Waals surface area contributed by atoms with Crippen LogP contribution in [0.1, 0.15) is 11.6 Å². The first-order valence-corrected chi connectivity index (χ1v) is 10.4. The highest BCUT2D eigenvalue weighted by atomic mass is 16.7. The van der Waals surface area contributed by atoms with E-state index in [0.29, 0.717) is 22.7 Å². The van der Waals surface area contributed by atoms with Crippen LogP contribution in [-0.2, 0) is 14.4 Å². The highest BCUT2D eigenvalue weighted by molar-refractivity contribution is 6.24. The minimum atomic E-state index is -1.01. The first-order valence-electron chi connectivity index (χ1n) is 10.4. The van der Waals surface area contributed by atoms with Gasteiger partial charge in [0.2, 0.25) is 5.91 Å². The predicted octanol–water partition coefficient (Wildman–Crippen LogP) is 3.46. The molecule has 2 amide bonds. The van der Waals surface area contributed by atoms with E-state index in [9.17, 15) is 14.7 Å². The van der Waals surface area contributed by atoms with Gasteiger partial charge in [0.15, 0.2) is 17.6 Å². The average Bonchev–Trinajstić information content (AvgIpc) is 3.36. The summed E-state index contributed by atoms with van der Waals surface area (Å²) in [5.41, 5.74) is 1.75. The number of carbonyl (C=O) groups is 2. The van der Waals surface area contributed by atoms with Crippen molar-refractivity contribution >= 4 is 23.2 Å². The molecule has 2 saturated heterocycles. The number of amides is 2. The fourth-order valence-corrected chi connectivity index (χ4v) is 4.48. The number of hydrogen-bond acceptors (Lipinski definition) is 7. The summed E-state index contributed by atoms with van der Waals surface area (Å²) in [6, 6.07) is 20.4. The summed E-state index contributed by atoms with van der Waals surface area (Å²) in [7, 11) is 2.94. The molecule has 0 bridgehead atoms. The number of nitrogens with zero attached hydrogens (tertiary/aromatic N) is 2. The summed E-state index contributed by atoms with van der Waals surface area (Å²) in [6.07, 6.45) is -1.01. The number of para-hydroxylation sites is 3. The maximum Gasteiger partial charge on any atom is 0.266 e. The molecule has 2 aliphatic rings. The number of aromatic hydroxyl groups is 1. The molecule has 0 radical (unpaired) electrons. The molecule has 3 atom stereocenters. The van der Waals surface area contributed by atoms with Crippen molar-refractivity contribution in [3.05, 3.63) is 78.4 Å². The SMILES string of the molecule is COc1cc([C@H]2[C@@H]3C(=O)N(c4ccccc4OC)C(=O)[C@@H]3ON2c2ccccc2)ccc1O. The molecule has 0 spiro atoms. The molecule has 5 rings (SSSR count). The highest BCUT2D eigenvalue weighted by Gasteiger charge is 2.60. The molecule has 0 saturated carbocycles. The van der Waals surface area contributed by atoms with Gasteiger partial charge in [0.1, 0.15) is 11.7 Å². The van der Waals surface area contributed by atoms with E-state index < -0.39 is 24.0 Å². The van der Waals surface area contributed by atoms with E-state index in [1.165, 1.54) is 20.3 Å². The zero-order chi connectivity index (χ0) is 23.1. The molecule has 3 aromatic carbocycles. The Hall–Kier alpha value is -4.04. The predicted molar refractivity (Wildman–Crippen MR) is 120 cm³/mol. The van der Waals surface area contributed by atoms with Gasteiger partial charge in [-0.15, -0.1) is 0 Å². The Labute approximate surface area is 190 Å². The summed E-state index contributed by atoms with van der Waals surface area (Å²) in [5, 5.41) is 11.7. The van der Waals surface area contributed by atoms with E-state index in [2.05, 4.69) is 0 Å². The van der Waals surface area contributed by atoms with Gasteiger partial charge >= 0.3 is 0 Å². The molecule has 0 aliphatic carbocycles. The molecule has 168 valence electrons. The minimum Gasteiger partial charge on any atom is -0.504 e. The number of phenolic OH excluding ortho intramolecular Hbond substituents is 1. The lowest BCUT2D eigenvalue weighted by Gasteiger charge is -2.29. The fraction of sp³-hybridized carbons (Fsp3) is 0.200. The van der Waals surface area contributed by atoms with Gasteiger partial charge in [0.25, 0.3) is 5.91 Å². The van der Waals surface area contributed by atoms with Crippen molar-refractivity contribution in [1.29, 1.82) is 0 Å². The van der Waals surface area contributed by atoms with E-state index in [1.807, 2.05) is 30.3 Å². The van der Waals surface area contributed by atoms with Gasteiger partial charge < -0.3 is 14.6 Å². The number of hydrogen-bond donors (Lipinski definition) is 1. The number of hydroxylamine groups is 1. The van der Waals surface area contributed by atoms with Crippen molar-refractivity contribution in [2.75, 3.05) is 24.2 Å². The number of rotatable bonds is 5. The van der Waals surface area contributed by atoms with Gasteiger partial charge in [0, 0.05) is 0 Å². The Kier molecular flexibility index (Phi) is 5.14. The third kappa shape index (κ3) is 3.27. The van der Waals surface area contributed by atoms with Crippen molar-refractivity contribution in [2.45, 2.75) is 12.1 Å². The smallest absolute Gasteiger partial charge is 0.266 e. The van der Waals surface area contributed by atoms with Crippen LogP contribution in [-0.4, -0.2) is 37.2 Å². The summed E-state index contributed by atoms with van der Waals surface area (Å²) in [5.74, 6) is -0.984. The number of anilines is 2. The Morgan fingerprint density at radius 3 is 2.27 bits per heavy atom. The van der Waals surface area contributed by atoms with Gasteiger partial charge in [0.05, 0.1) is 31.6 Å². The van der Waals surface area contributed by atoms with Crippen LogP contribution in [0, 0.1) is 5.92 Å². The lowest BCUT2D eigenvalue weighted by molar-refractivity contribution is -0.126. The molecule has 2 fully saturated rings. The van der Waals surface area contributed by atoms with Crippen LogP contribution in [0.25, 0.3) is 0 Å². The summed E-state index contributed by atoms with van der Waals surface area (Å²) >= 11 is 0. The summed E-state index contributed by atoms with van der Waals surface area (Å²) in [4.78, 5) is 34.4. The number of phenols is 1. The summed E-state index contributed by atoms with van der Waals surface area (Å²) < 4.78 is 10.7. The van der Waals surface area contributed by atoms with Crippen molar-refractivity contribution in [2.24, 2.45) is 5.92 Å². The second-order valence-electron chi connectivity index (χ2n) is 7.77. The number of ether oxygens (including phenoxy) is 2. The molecule has 3 aromatic rings. The van der Waals surface area contributed by atoms with Gasteiger partial charge in [-0.3, -0.25) is 14.4 Å². The van der Waals surface area contributed by atoms with E-state index >= 15 is 0 Å². The van der Waals surface area contributed by atoms with E-state index in [0.717, 1.165) is 4.90 Å². The van der Waals surface area contributed by atoms with Crippen molar-refractivity contribution in [3.8, 4) is 17.2 Å².